The molecule has 35 heavy (non-hydrogen) atoms. The summed E-state index contributed by atoms with van der Waals surface area (Å²) in [5.74, 6) is 0.634. The first kappa shape index (κ1) is 22.8. The lowest BCUT2D eigenvalue weighted by Gasteiger charge is -2.20. The van der Waals surface area contributed by atoms with E-state index in [1.54, 1.807) is 4.68 Å². The van der Waals surface area contributed by atoms with Crippen molar-refractivity contribution >= 4 is 23.2 Å². The molecule has 8 heteroatoms. The highest BCUT2D eigenvalue weighted by Gasteiger charge is 2.33. The Morgan fingerprint density at radius 2 is 1.74 bits per heavy atom. The van der Waals surface area contributed by atoms with Gasteiger partial charge in [0, 0.05) is 13.3 Å². The Morgan fingerprint density at radius 3 is 2.46 bits per heavy atom. The molecule has 1 unspecified atom stereocenters. The highest BCUT2D eigenvalue weighted by Crippen LogP contribution is 2.34. The number of nitrogens with zero attached hydrogens (tertiary/aromatic N) is 5. The SMILES string of the molecule is CC(=O)N1N=C(c2nnn(-c3ccccc3Cl)c2C)CC1c1ccc(OCc2ccccc2)cc1. The second-order valence-electron chi connectivity index (χ2n) is 8.36. The lowest BCUT2D eigenvalue weighted by molar-refractivity contribution is -0.130. The third kappa shape index (κ3) is 4.68. The van der Waals surface area contributed by atoms with Crippen LogP contribution in [-0.4, -0.2) is 31.6 Å². The minimum absolute atomic E-state index is 0.134. The number of carbonyl (C=O) groups is 1. The van der Waals surface area contributed by atoms with Crippen molar-refractivity contribution in [2.75, 3.05) is 0 Å². The van der Waals surface area contributed by atoms with Gasteiger partial charge in [0.2, 0.25) is 5.91 Å². The first-order valence-electron chi connectivity index (χ1n) is 11.3. The normalized spacial score (nSPS) is 15.2. The lowest BCUT2D eigenvalue weighted by Crippen LogP contribution is -2.24. The fraction of sp³-hybridized carbons (Fsp3) is 0.185. The highest BCUT2D eigenvalue weighted by molar-refractivity contribution is 6.32. The summed E-state index contributed by atoms with van der Waals surface area (Å²) in [5.41, 5.74) is 5.00. The van der Waals surface area contributed by atoms with Gasteiger partial charge in [-0.1, -0.05) is 71.4 Å². The van der Waals surface area contributed by atoms with Crippen molar-refractivity contribution < 1.29 is 9.53 Å². The van der Waals surface area contributed by atoms with Crippen molar-refractivity contribution in [1.82, 2.24) is 20.0 Å². The number of para-hydroxylation sites is 1. The van der Waals surface area contributed by atoms with E-state index in [0.29, 0.717) is 29.5 Å². The molecule has 1 aliphatic heterocycles. The van der Waals surface area contributed by atoms with E-state index in [2.05, 4.69) is 15.4 Å². The van der Waals surface area contributed by atoms with Crippen molar-refractivity contribution in [2.45, 2.75) is 32.9 Å². The molecule has 176 valence electrons. The van der Waals surface area contributed by atoms with Crippen molar-refractivity contribution in [2.24, 2.45) is 5.10 Å². The van der Waals surface area contributed by atoms with E-state index in [1.165, 1.54) is 11.9 Å². The summed E-state index contributed by atoms with van der Waals surface area (Å²) in [5, 5.41) is 15.4. The number of ether oxygens (including phenoxy) is 1. The Morgan fingerprint density at radius 1 is 1.03 bits per heavy atom. The van der Waals surface area contributed by atoms with Crippen LogP contribution in [0.15, 0.2) is 84.0 Å². The quantitative estimate of drug-likeness (QED) is 0.361. The van der Waals surface area contributed by atoms with Crippen LogP contribution in [0.2, 0.25) is 5.02 Å². The van der Waals surface area contributed by atoms with E-state index in [9.17, 15) is 4.79 Å². The zero-order valence-electron chi connectivity index (χ0n) is 19.4. The van der Waals surface area contributed by atoms with Gasteiger partial charge < -0.3 is 4.74 Å². The Kier molecular flexibility index (Phi) is 6.33. The topological polar surface area (TPSA) is 72.6 Å². The summed E-state index contributed by atoms with van der Waals surface area (Å²) in [6, 6.07) is 25.1. The van der Waals surface area contributed by atoms with Crippen molar-refractivity contribution in [3.63, 3.8) is 0 Å². The molecular formula is C27H24ClN5O2. The van der Waals surface area contributed by atoms with Crippen LogP contribution in [-0.2, 0) is 11.4 Å². The van der Waals surface area contributed by atoms with Gasteiger partial charge in [-0.3, -0.25) is 4.79 Å². The lowest BCUT2D eigenvalue weighted by atomic mass is 10.00. The van der Waals surface area contributed by atoms with E-state index in [-0.39, 0.29) is 11.9 Å². The molecule has 4 aromatic rings. The second-order valence-corrected chi connectivity index (χ2v) is 8.77. The molecule has 3 aromatic carbocycles. The largest absolute Gasteiger partial charge is 0.489 e. The maximum Gasteiger partial charge on any atom is 0.240 e. The van der Waals surface area contributed by atoms with E-state index < -0.39 is 0 Å². The Balaban J connectivity index is 1.35. The van der Waals surface area contributed by atoms with Crippen molar-refractivity contribution in [3.8, 4) is 11.4 Å². The average Bonchev–Trinajstić information content (AvgIpc) is 3.48. The molecule has 0 fully saturated rings. The number of hydrogen-bond donors (Lipinski definition) is 0. The molecule has 5 rings (SSSR count). The fourth-order valence-electron chi connectivity index (χ4n) is 4.18. The molecule has 0 saturated heterocycles. The molecule has 1 atom stereocenters. The first-order valence-corrected chi connectivity index (χ1v) is 11.7. The average molecular weight is 486 g/mol. The molecule has 7 nitrogen and oxygen atoms in total. The number of benzene rings is 3. The van der Waals surface area contributed by atoms with E-state index in [0.717, 1.165) is 28.3 Å². The third-order valence-electron chi connectivity index (χ3n) is 5.99. The minimum Gasteiger partial charge on any atom is -0.489 e. The number of hydrogen-bond acceptors (Lipinski definition) is 5. The maximum atomic E-state index is 12.4. The van der Waals surface area contributed by atoms with Crippen LogP contribution in [0.25, 0.3) is 5.69 Å². The van der Waals surface area contributed by atoms with Gasteiger partial charge in [-0.25, -0.2) is 9.69 Å². The monoisotopic (exact) mass is 485 g/mol. The van der Waals surface area contributed by atoms with Crippen LogP contribution in [0, 0.1) is 6.92 Å². The summed E-state index contributed by atoms with van der Waals surface area (Å²) in [6.45, 7) is 3.94. The Labute approximate surface area is 208 Å². The summed E-state index contributed by atoms with van der Waals surface area (Å²) in [6.07, 6.45) is 0.534. The van der Waals surface area contributed by atoms with Crippen LogP contribution in [0.5, 0.6) is 5.75 Å². The van der Waals surface area contributed by atoms with Crippen LogP contribution in [0.3, 0.4) is 0 Å². The number of halogens is 1. The molecule has 2 heterocycles. The molecule has 0 radical (unpaired) electrons. The van der Waals surface area contributed by atoms with Crippen LogP contribution >= 0.6 is 11.6 Å². The molecule has 0 aliphatic carbocycles. The van der Waals surface area contributed by atoms with Gasteiger partial charge >= 0.3 is 0 Å². The standard InChI is InChI=1S/C27H24ClN5O2/c1-18-27(29-31-32(18)25-11-7-6-10-23(25)28)24-16-26(33(30-24)19(2)34)21-12-14-22(15-13-21)35-17-20-8-4-3-5-9-20/h3-15,26H,16-17H2,1-2H3. The molecule has 1 amide bonds. The highest BCUT2D eigenvalue weighted by atomic mass is 35.5. The first-order chi connectivity index (χ1) is 17.0. The fourth-order valence-corrected chi connectivity index (χ4v) is 4.39. The molecule has 0 bridgehead atoms. The predicted octanol–water partition coefficient (Wildman–Crippen LogP) is 5.51. The molecule has 1 aromatic heterocycles. The van der Waals surface area contributed by atoms with Gasteiger partial charge in [-0.2, -0.15) is 5.10 Å². The van der Waals surface area contributed by atoms with Crippen LogP contribution in [0.4, 0.5) is 0 Å². The second kappa shape index (κ2) is 9.72. The van der Waals surface area contributed by atoms with Crippen molar-refractivity contribution in [1.29, 1.82) is 0 Å². The molecule has 0 N–H and O–H groups in total. The smallest absolute Gasteiger partial charge is 0.240 e. The Bertz CT molecular complexity index is 1380. The van der Waals surface area contributed by atoms with Gasteiger partial charge in [-0.15, -0.1) is 5.10 Å². The number of carbonyl (C=O) groups excluding carboxylic acids is 1. The molecule has 1 aliphatic rings. The number of amides is 1. The molecule has 0 spiro atoms. The summed E-state index contributed by atoms with van der Waals surface area (Å²) >= 11 is 6.36. The number of hydrazone groups is 1. The summed E-state index contributed by atoms with van der Waals surface area (Å²) in [4.78, 5) is 12.4. The van der Waals surface area contributed by atoms with Gasteiger partial charge in [-0.05, 0) is 42.3 Å². The summed E-state index contributed by atoms with van der Waals surface area (Å²) < 4.78 is 7.60. The molecular weight excluding hydrogens is 462 g/mol. The van der Waals surface area contributed by atoms with E-state index in [4.69, 9.17) is 16.3 Å². The van der Waals surface area contributed by atoms with Gasteiger partial charge in [0.05, 0.1) is 28.2 Å². The van der Waals surface area contributed by atoms with Gasteiger partial charge in [0.15, 0.2) is 0 Å². The minimum atomic E-state index is -0.226. The van der Waals surface area contributed by atoms with Crippen molar-refractivity contribution in [3.05, 3.63) is 106 Å². The van der Waals surface area contributed by atoms with E-state index >= 15 is 0 Å². The summed E-state index contributed by atoms with van der Waals surface area (Å²) in [7, 11) is 0. The van der Waals surface area contributed by atoms with Gasteiger partial charge in [0.1, 0.15) is 18.1 Å². The van der Waals surface area contributed by atoms with Crippen LogP contribution < -0.4 is 4.74 Å². The van der Waals surface area contributed by atoms with Crippen LogP contribution in [0.1, 0.15) is 41.9 Å². The molecule has 0 saturated carbocycles. The number of rotatable bonds is 6. The number of aromatic nitrogens is 3. The third-order valence-corrected chi connectivity index (χ3v) is 6.31. The Hall–Kier alpha value is -3.97. The zero-order chi connectivity index (χ0) is 24.4. The maximum absolute atomic E-state index is 12.4. The van der Waals surface area contributed by atoms with E-state index in [1.807, 2.05) is 85.8 Å². The zero-order valence-corrected chi connectivity index (χ0v) is 20.2. The van der Waals surface area contributed by atoms with Gasteiger partial charge in [0.25, 0.3) is 0 Å². The predicted molar refractivity (Wildman–Crippen MR) is 135 cm³/mol.